The second-order valence-electron chi connectivity index (χ2n) is 14.0. The first-order chi connectivity index (χ1) is 24.7. The monoisotopic (exact) mass is 726 g/mol. The van der Waals surface area contributed by atoms with Crippen LogP contribution >= 0.6 is 0 Å². The zero-order valence-electron chi connectivity index (χ0n) is 29.9. The molecule has 4 atom stereocenters. The van der Waals surface area contributed by atoms with Crippen LogP contribution in [-0.2, 0) is 24.8 Å². The third-order valence-electron chi connectivity index (χ3n) is 9.73. The Morgan fingerprint density at radius 2 is 1.75 bits per heavy atom. The number of nitrogens with two attached hydrogens (primary N) is 1. The highest BCUT2D eigenvalue weighted by molar-refractivity contribution is 6.37. The lowest BCUT2D eigenvalue weighted by Crippen LogP contribution is -2.56. The van der Waals surface area contributed by atoms with E-state index in [0.717, 1.165) is 32.1 Å². The summed E-state index contributed by atoms with van der Waals surface area (Å²) in [5, 5.41) is 35.6. The summed E-state index contributed by atoms with van der Waals surface area (Å²) in [7, 11) is 1.44. The van der Waals surface area contributed by atoms with Crippen LogP contribution in [0.5, 0.6) is 5.75 Å². The van der Waals surface area contributed by atoms with Crippen LogP contribution in [0.2, 0.25) is 0 Å². The molecule has 0 spiro atoms. The molecule has 1 saturated heterocycles. The minimum Gasteiger partial charge on any atom is -0.496 e. The van der Waals surface area contributed by atoms with Crippen LogP contribution < -0.4 is 26.4 Å². The van der Waals surface area contributed by atoms with Crippen LogP contribution in [0.15, 0.2) is 30.5 Å². The number of aliphatic hydroxyl groups is 1. The van der Waals surface area contributed by atoms with Gasteiger partial charge in [-0.3, -0.25) is 24.0 Å². The van der Waals surface area contributed by atoms with Crippen molar-refractivity contribution in [1.29, 1.82) is 0 Å². The molecule has 17 nitrogen and oxygen atoms in total. The van der Waals surface area contributed by atoms with E-state index in [1.807, 2.05) is 0 Å². The highest BCUT2D eigenvalue weighted by atomic mass is 16.5. The van der Waals surface area contributed by atoms with Crippen LogP contribution in [0.1, 0.15) is 100 Å². The van der Waals surface area contributed by atoms with E-state index >= 15 is 0 Å². The number of hydrogen-bond donors (Lipinski definition) is 6. The third-order valence-corrected chi connectivity index (χ3v) is 9.73. The Bertz CT molecular complexity index is 1600. The summed E-state index contributed by atoms with van der Waals surface area (Å²) in [6.07, 6.45) is 5.97. The molecule has 1 aliphatic carbocycles. The molecular weight excluding hydrogens is 676 g/mol. The molecule has 1 unspecified atom stereocenters. The average molecular weight is 727 g/mol. The lowest BCUT2D eigenvalue weighted by atomic mass is 9.84. The number of likely N-dealkylation sites (tertiary alicyclic amines) is 1. The molecule has 1 aromatic heterocycles. The van der Waals surface area contributed by atoms with Gasteiger partial charge in [-0.1, -0.05) is 49.5 Å². The number of carboxylic acid groups (broad SMARTS) is 1. The van der Waals surface area contributed by atoms with Crippen LogP contribution in [-0.4, -0.2) is 104 Å². The first-order valence-electron chi connectivity index (χ1n) is 17.7. The van der Waals surface area contributed by atoms with E-state index in [2.05, 4.69) is 26.3 Å². The molecule has 284 valence electrons. The first-order valence-corrected chi connectivity index (χ1v) is 17.7. The summed E-state index contributed by atoms with van der Waals surface area (Å²) >= 11 is 0. The van der Waals surface area contributed by atoms with Crippen molar-refractivity contribution in [3.63, 3.8) is 0 Å². The van der Waals surface area contributed by atoms with Gasteiger partial charge in [0.1, 0.15) is 23.4 Å². The molecule has 2 heterocycles. The first kappa shape index (κ1) is 39.7. The number of methoxy groups -OCH3 is 1. The van der Waals surface area contributed by atoms with E-state index in [-0.39, 0.29) is 43.8 Å². The number of unbranched alkanes of at least 4 members (excludes halogenated alkanes) is 1. The highest BCUT2D eigenvalue weighted by Gasteiger charge is 2.45. The standard InChI is InChI=1S/C35H50N8O9/c1-35(2,51)28-19-38-41-43(28)22-18-26(32(47)39-24(29(44)30(36)45)14-9-10-16-37-34(49)50)42(20-22)33(48)25(17-21-11-5-4-6-12-21)40-31(46)23-13-7-8-15-27(23)52-3/h7-8,13,15,19,21-22,24-26,37,51H,4-6,9-12,14,16-18,20H2,1-3H3,(H2,36,45)(H,39,47)(H,40,46)(H,49,50)/t22-,24?,25+,26-/m0/s1. The minimum absolute atomic E-state index is 0.00982. The number of primary amides is 1. The Hall–Kier alpha value is -5.06. The summed E-state index contributed by atoms with van der Waals surface area (Å²) in [4.78, 5) is 79.4. The van der Waals surface area contributed by atoms with E-state index in [0.29, 0.717) is 24.3 Å². The fourth-order valence-electron chi connectivity index (χ4n) is 7.06. The maximum absolute atomic E-state index is 14.7. The summed E-state index contributed by atoms with van der Waals surface area (Å²) in [5.41, 5.74) is 4.54. The number of nitrogens with zero attached hydrogens (tertiary/aromatic N) is 4. The van der Waals surface area contributed by atoms with Gasteiger partial charge in [0.25, 0.3) is 11.8 Å². The molecule has 52 heavy (non-hydrogen) atoms. The molecular formula is C35H50N8O9. The molecule has 5 amide bonds. The van der Waals surface area contributed by atoms with Crippen LogP contribution in [0.3, 0.4) is 0 Å². The van der Waals surface area contributed by atoms with Gasteiger partial charge in [-0.25, -0.2) is 9.48 Å². The molecule has 0 radical (unpaired) electrons. The normalized spacial score (nSPS) is 19.0. The van der Waals surface area contributed by atoms with Crippen LogP contribution in [0.4, 0.5) is 4.79 Å². The number of ether oxygens (including phenoxy) is 1. The van der Waals surface area contributed by atoms with Gasteiger partial charge in [0.05, 0.1) is 36.6 Å². The molecule has 2 aliphatic rings. The van der Waals surface area contributed by atoms with Gasteiger partial charge >= 0.3 is 6.09 Å². The fourth-order valence-corrected chi connectivity index (χ4v) is 7.06. The Labute approximate surface area is 302 Å². The number of carbonyl (C=O) groups excluding carboxylic acids is 5. The highest BCUT2D eigenvalue weighted by Crippen LogP contribution is 2.34. The molecule has 1 aromatic carbocycles. The zero-order valence-corrected chi connectivity index (χ0v) is 29.9. The predicted molar refractivity (Wildman–Crippen MR) is 186 cm³/mol. The molecule has 2 aromatic rings. The summed E-state index contributed by atoms with van der Waals surface area (Å²) < 4.78 is 6.86. The third kappa shape index (κ3) is 10.3. The zero-order chi connectivity index (χ0) is 38.0. The maximum atomic E-state index is 14.7. The van der Waals surface area contributed by atoms with Crippen molar-refractivity contribution < 1.29 is 43.7 Å². The summed E-state index contributed by atoms with van der Waals surface area (Å²) in [6, 6.07) is 2.49. The van der Waals surface area contributed by atoms with Gasteiger partial charge < -0.3 is 41.5 Å². The number of rotatable bonds is 17. The van der Waals surface area contributed by atoms with Crippen LogP contribution in [0, 0.1) is 5.92 Å². The van der Waals surface area contributed by atoms with Gasteiger partial charge in [0, 0.05) is 19.5 Å². The van der Waals surface area contributed by atoms with Crippen molar-refractivity contribution in [2.75, 3.05) is 20.2 Å². The minimum atomic E-state index is -1.36. The summed E-state index contributed by atoms with van der Waals surface area (Å²) in [5.74, 6) is -3.57. The van der Waals surface area contributed by atoms with Gasteiger partial charge in [-0.2, -0.15) is 0 Å². The number of benzene rings is 1. The predicted octanol–water partition coefficient (Wildman–Crippen LogP) is 1.40. The molecule has 0 bridgehead atoms. The number of aromatic nitrogens is 3. The lowest BCUT2D eigenvalue weighted by molar-refractivity contribution is -0.142. The SMILES string of the molecule is COc1ccccc1C(=O)N[C@H](CC1CCCCC1)C(=O)N1C[C@@H](n2nncc2C(C)(C)O)C[C@H]1C(=O)NC(CCCCNC(=O)O)C(=O)C(N)=O. The molecule has 7 N–H and O–H groups in total. The Balaban J connectivity index is 1.66. The number of hydrogen-bond acceptors (Lipinski definition) is 10. The van der Waals surface area contributed by atoms with Crippen molar-refractivity contribution in [3.05, 3.63) is 41.7 Å². The largest absolute Gasteiger partial charge is 0.496 e. The van der Waals surface area contributed by atoms with Crippen molar-refractivity contribution in [2.45, 2.75) is 108 Å². The van der Waals surface area contributed by atoms with E-state index < -0.39 is 65.3 Å². The van der Waals surface area contributed by atoms with E-state index in [1.165, 1.54) is 22.9 Å². The number of ketones is 1. The van der Waals surface area contributed by atoms with Crippen molar-refractivity contribution in [2.24, 2.45) is 11.7 Å². The Morgan fingerprint density at radius 3 is 2.40 bits per heavy atom. The number of nitrogens with one attached hydrogen (secondary N) is 3. The van der Waals surface area contributed by atoms with Gasteiger partial charge in [0.2, 0.25) is 17.6 Å². The molecule has 4 rings (SSSR count). The Kier molecular flexibility index (Phi) is 13.7. The second kappa shape index (κ2) is 17.9. The molecule has 1 aliphatic heterocycles. The number of Topliss-reactive ketones (excluding diaryl/α,β-unsaturated/α-hetero) is 1. The number of carbonyl (C=O) groups is 6. The summed E-state index contributed by atoms with van der Waals surface area (Å²) in [6.45, 7) is 3.18. The smallest absolute Gasteiger partial charge is 0.404 e. The van der Waals surface area contributed by atoms with Gasteiger partial charge in [-0.15, -0.1) is 5.10 Å². The van der Waals surface area contributed by atoms with E-state index in [1.54, 1.807) is 38.1 Å². The topological polar surface area (TPSA) is 248 Å². The number of amides is 5. The fraction of sp³-hybridized carbons (Fsp3) is 0.600. The van der Waals surface area contributed by atoms with Crippen LogP contribution in [0.25, 0.3) is 0 Å². The number of para-hydroxylation sites is 1. The maximum Gasteiger partial charge on any atom is 0.404 e. The van der Waals surface area contributed by atoms with Crippen molar-refractivity contribution >= 4 is 35.5 Å². The second-order valence-corrected chi connectivity index (χ2v) is 14.0. The van der Waals surface area contributed by atoms with Crippen molar-refractivity contribution in [3.8, 4) is 5.75 Å². The molecule has 17 heteroatoms. The quantitative estimate of drug-likeness (QED) is 0.100. The Morgan fingerprint density at radius 1 is 1.04 bits per heavy atom. The van der Waals surface area contributed by atoms with E-state index in [4.69, 9.17) is 15.6 Å². The molecule has 1 saturated carbocycles. The van der Waals surface area contributed by atoms with Crippen molar-refractivity contribution in [1.82, 2.24) is 35.8 Å². The molecule has 2 fully saturated rings. The van der Waals surface area contributed by atoms with E-state index in [9.17, 15) is 33.9 Å². The average Bonchev–Trinajstić information content (AvgIpc) is 3.79. The lowest BCUT2D eigenvalue weighted by Gasteiger charge is -2.32. The van der Waals surface area contributed by atoms with Gasteiger partial charge in [-0.05, 0) is 57.6 Å². The van der Waals surface area contributed by atoms with Gasteiger partial charge in [0.15, 0.2) is 0 Å².